The molecule has 0 saturated carbocycles. The molecule has 0 aliphatic heterocycles. The van der Waals surface area contributed by atoms with E-state index in [2.05, 4.69) is 27.3 Å². The van der Waals surface area contributed by atoms with Gasteiger partial charge in [0.05, 0.1) is 4.47 Å². The number of halogens is 3. The summed E-state index contributed by atoms with van der Waals surface area (Å²) < 4.78 is 13.7. The van der Waals surface area contributed by atoms with Crippen molar-refractivity contribution in [2.75, 3.05) is 7.05 Å². The molecule has 0 aliphatic carbocycles. The van der Waals surface area contributed by atoms with Crippen molar-refractivity contribution in [1.82, 2.24) is 5.32 Å². The van der Waals surface area contributed by atoms with E-state index in [9.17, 15) is 4.39 Å². The van der Waals surface area contributed by atoms with Crippen LogP contribution in [-0.4, -0.2) is 13.1 Å². The maximum atomic E-state index is 13.2. The highest BCUT2D eigenvalue weighted by Crippen LogP contribution is 2.19. The van der Waals surface area contributed by atoms with E-state index in [1.807, 2.05) is 37.4 Å². The van der Waals surface area contributed by atoms with Gasteiger partial charge in [-0.2, -0.15) is 0 Å². The van der Waals surface area contributed by atoms with Gasteiger partial charge in [-0.1, -0.05) is 29.8 Å². The fourth-order valence-electron chi connectivity index (χ4n) is 2.18. The van der Waals surface area contributed by atoms with Crippen LogP contribution in [0.2, 0.25) is 5.02 Å². The smallest absolute Gasteiger partial charge is 0.137 e. The second kappa shape index (κ2) is 7.21. The van der Waals surface area contributed by atoms with Gasteiger partial charge < -0.3 is 5.32 Å². The minimum absolute atomic E-state index is 0.232. The van der Waals surface area contributed by atoms with Gasteiger partial charge in [-0.25, -0.2) is 4.39 Å². The van der Waals surface area contributed by atoms with Gasteiger partial charge in [0.2, 0.25) is 0 Å². The average Bonchev–Trinajstić information content (AvgIpc) is 2.42. The molecule has 1 nitrogen and oxygen atoms in total. The third kappa shape index (κ3) is 4.30. The van der Waals surface area contributed by atoms with Crippen molar-refractivity contribution in [2.45, 2.75) is 18.9 Å². The lowest BCUT2D eigenvalue weighted by molar-refractivity contribution is 0.554. The van der Waals surface area contributed by atoms with Crippen molar-refractivity contribution < 1.29 is 4.39 Å². The van der Waals surface area contributed by atoms with E-state index in [1.54, 1.807) is 0 Å². The number of likely N-dealkylation sites (N-methyl/N-ethyl adjacent to an activating group) is 1. The number of hydrogen-bond acceptors (Lipinski definition) is 1. The quantitative estimate of drug-likeness (QED) is 0.824. The standard InChI is InChI=1S/C16H16BrClFN/c1-20-14(8-11-3-2-4-13(18)7-11)9-12-5-6-16(19)15(17)10-12/h2-7,10,14,20H,8-9H2,1H3. The molecular formula is C16H16BrClFN. The van der Waals surface area contributed by atoms with Gasteiger partial charge in [-0.3, -0.25) is 0 Å². The molecule has 0 aliphatic rings. The Morgan fingerprint density at radius 2 is 1.85 bits per heavy atom. The van der Waals surface area contributed by atoms with Crippen molar-refractivity contribution >= 4 is 27.5 Å². The molecule has 0 amide bonds. The summed E-state index contributed by atoms with van der Waals surface area (Å²) in [4.78, 5) is 0. The second-order valence-electron chi connectivity index (χ2n) is 4.77. The van der Waals surface area contributed by atoms with Gasteiger partial charge in [-0.15, -0.1) is 0 Å². The molecule has 0 aromatic heterocycles. The topological polar surface area (TPSA) is 12.0 Å². The molecule has 2 aromatic rings. The highest BCUT2D eigenvalue weighted by molar-refractivity contribution is 9.10. The largest absolute Gasteiger partial charge is 0.316 e. The first-order chi connectivity index (χ1) is 9.58. The third-order valence-electron chi connectivity index (χ3n) is 3.25. The highest BCUT2D eigenvalue weighted by atomic mass is 79.9. The molecule has 4 heteroatoms. The highest BCUT2D eigenvalue weighted by Gasteiger charge is 2.10. The number of rotatable bonds is 5. The summed E-state index contributed by atoms with van der Waals surface area (Å²) >= 11 is 9.22. The predicted molar refractivity (Wildman–Crippen MR) is 85.8 cm³/mol. The molecule has 20 heavy (non-hydrogen) atoms. The first-order valence-corrected chi connectivity index (χ1v) is 7.61. The van der Waals surface area contributed by atoms with Crippen LogP contribution in [-0.2, 0) is 12.8 Å². The maximum absolute atomic E-state index is 13.2. The van der Waals surface area contributed by atoms with E-state index in [1.165, 1.54) is 11.6 Å². The Hall–Kier alpha value is -0.900. The number of hydrogen-bond donors (Lipinski definition) is 1. The molecule has 1 N–H and O–H groups in total. The zero-order chi connectivity index (χ0) is 14.5. The minimum Gasteiger partial charge on any atom is -0.316 e. The van der Waals surface area contributed by atoms with Crippen LogP contribution in [0.25, 0.3) is 0 Å². The molecule has 1 unspecified atom stereocenters. The van der Waals surface area contributed by atoms with Crippen LogP contribution in [0.4, 0.5) is 4.39 Å². The van der Waals surface area contributed by atoms with Crippen LogP contribution in [0, 0.1) is 5.82 Å². The minimum atomic E-state index is -0.232. The van der Waals surface area contributed by atoms with Gasteiger partial charge in [0.15, 0.2) is 0 Å². The average molecular weight is 357 g/mol. The first-order valence-electron chi connectivity index (χ1n) is 6.44. The summed E-state index contributed by atoms with van der Waals surface area (Å²) in [6.45, 7) is 0. The van der Waals surface area contributed by atoms with E-state index in [4.69, 9.17) is 11.6 Å². The Kier molecular flexibility index (Phi) is 5.58. The Labute approximate surface area is 132 Å². The van der Waals surface area contributed by atoms with Crippen LogP contribution in [0.3, 0.4) is 0 Å². The molecule has 0 bridgehead atoms. The fourth-order valence-corrected chi connectivity index (χ4v) is 2.81. The molecule has 106 valence electrons. The van der Waals surface area contributed by atoms with Crippen molar-refractivity contribution in [1.29, 1.82) is 0 Å². The van der Waals surface area contributed by atoms with E-state index in [0.717, 1.165) is 23.4 Å². The number of nitrogens with one attached hydrogen (secondary N) is 1. The molecule has 1 atom stereocenters. The molecular weight excluding hydrogens is 341 g/mol. The summed E-state index contributed by atoms with van der Waals surface area (Å²) in [7, 11) is 1.94. The molecule has 2 rings (SSSR count). The van der Waals surface area contributed by atoms with Gasteiger partial charge in [0.1, 0.15) is 5.82 Å². The van der Waals surface area contributed by atoms with Crippen LogP contribution in [0.15, 0.2) is 46.9 Å². The molecule has 0 fully saturated rings. The lowest BCUT2D eigenvalue weighted by atomic mass is 9.99. The van der Waals surface area contributed by atoms with Crippen molar-refractivity contribution in [3.63, 3.8) is 0 Å². The van der Waals surface area contributed by atoms with Gasteiger partial charge in [0.25, 0.3) is 0 Å². The Bertz CT molecular complexity index is 588. The normalized spacial score (nSPS) is 12.4. The van der Waals surface area contributed by atoms with Crippen LogP contribution < -0.4 is 5.32 Å². The van der Waals surface area contributed by atoms with E-state index >= 15 is 0 Å². The van der Waals surface area contributed by atoms with Crippen molar-refractivity contribution in [3.8, 4) is 0 Å². The Morgan fingerprint density at radius 1 is 1.15 bits per heavy atom. The molecule has 2 aromatic carbocycles. The van der Waals surface area contributed by atoms with E-state index in [-0.39, 0.29) is 11.9 Å². The van der Waals surface area contributed by atoms with Gasteiger partial charge in [-0.05, 0) is 71.2 Å². The SMILES string of the molecule is CNC(Cc1cccc(Cl)c1)Cc1ccc(F)c(Br)c1. The van der Waals surface area contributed by atoms with E-state index in [0.29, 0.717) is 4.47 Å². The summed E-state index contributed by atoms with van der Waals surface area (Å²) in [5, 5.41) is 4.05. The lowest BCUT2D eigenvalue weighted by Crippen LogP contribution is -2.29. The summed E-state index contributed by atoms with van der Waals surface area (Å²) in [5.41, 5.74) is 2.29. The predicted octanol–water partition coefficient (Wildman–Crippen LogP) is 4.61. The zero-order valence-electron chi connectivity index (χ0n) is 11.2. The summed E-state index contributed by atoms with van der Waals surface area (Å²) in [5.74, 6) is -0.232. The van der Waals surface area contributed by atoms with Crippen LogP contribution >= 0.6 is 27.5 Å². The molecule has 0 spiro atoms. The summed E-state index contributed by atoms with van der Waals surface area (Å²) in [6.07, 6.45) is 1.72. The van der Waals surface area contributed by atoms with Gasteiger partial charge in [0, 0.05) is 11.1 Å². The first kappa shape index (κ1) is 15.5. The lowest BCUT2D eigenvalue weighted by Gasteiger charge is -2.17. The molecule has 0 radical (unpaired) electrons. The Morgan fingerprint density at radius 3 is 2.45 bits per heavy atom. The van der Waals surface area contributed by atoms with Crippen molar-refractivity contribution in [2.24, 2.45) is 0 Å². The molecule has 0 saturated heterocycles. The van der Waals surface area contributed by atoms with Gasteiger partial charge >= 0.3 is 0 Å². The maximum Gasteiger partial charge on any atom is 0.137 e. The fraction of sp³-hybridized carbons (Fsp3) is 0.250. The zero-order valence-corrected chi connectivity index (χ0v) is 13.5. The van der Waals surface area contributed by atoms with Crippen molar-refractivity contribution in [3.05, 3.63) is 68.9 Å². The summed E-state index contributed by atoms with van der Waals surface area (Å²) in [6, 6.07) is 13.3. The van der Waals surface area contributed by atoms with Crippen LogP contribution in [0.1, 0.15) is 11.1 Å². The second-order valence-corrected chi connectivity index (χ2v) is 6.06. The molecule has 0 heterocycles. The third-order valence-corrected chi connectivity index (χ3v) is 4.09. The van der Waals surface area contributed by atoms with E-state index < -0.39 is 0 Å². The monoisotopic (exact) mass is 355 g/mol. The van der Waals surface area contributed by atoms with Crippen LogP contribution in [0.5, 0.6) is 0 Å². The Balaban J connectivity index is 2.07. The number of benzene rings is 2.